The summed E-state index contributed by atoms with van der Waals surface area (Å²) in [5.74, 6) is 0.132. The molecule has 0 fully saturated rings. The van der Waals surface area contributed by atoms with Gasteiger partial charge in [0.05, 0.1) is 5.69 Å². The summed E-state index contributed by atoms with van der Waals surface area (Å²) in [4.78, 5) is 38.9. The Hall–Kier alpha value is -4.20. The van der Waals surface area contributed by atoms with Gasteiger partial charge < -0.3 is 19.7 Å². The largest absolute Gasteiger partial charge is 0.485 e. The number of nitrogens with one attached hydrogen (secondary N) is 1. The van der Waals surface area contributed by atoms with Crippen molar-refractivity contribution in [3.8, 4) is 11.5 Å². The topological polar surface area (TPSA) is 84.9 Å². The predicted molar refractivity (Wildman–Crippen MR) is 128 cm³/mol. The maximum Gasteiger partial charge on any atom is 0.265 e. The van der Waals surface area contributed by atoms with Gasteiger partial charge in [0.25, 0.3) is 5.91 Å². The van der Waals surface area contributed by atoms with Crippen molar-refractivity contribution in [2.75, 3.05) is 24.7 Å². The summed E-state index contributed by atoms with van der Waals surface area (Å²) in [6.45, 7) is 0.367. The van der Waals surface area contributed by atoms with Crippen LogP contribution in [0.15, 0.2) is 72.8 Å². The number of Topliss-reactive ketones (excluding diaryl/α,β-unsaturated/α-hetero) is 1. The molecular weight excluding hydrogens is 451 g/mol. The highest BCUT2D eigenvalue weighted by Crippen LogP contribution is 2.33. The highest BCUT2D eigenvalue weighted by molar-refractivity contribution is 6.02. The molecule has 0 atom stereocenters. The molecular formula is C27H25FN2O5. The summed E-state index contributed by atoms with van der Waals surface area (Å²) in [5, 5.41) is 2.79. The fourth-order valence-electron chi connectivity index (χ4n) is 3.66. The maximum absolute atomic E-state index is 13.0. The molecule has 8 heteroatoms. The number of nitrogens with zero attached hydrogens (tertiary/aromatic N) is 1. The number of fused-ring (bicyclic) bond motifs is 1. The molecule has 1 aliphatic rings. The highest BCUT2D eigenvalue weighted by Gasteiger charge is 2.26. The summed E-state index contributed by atoms with van der Waals surface area (Å²) in [7, 11) is 0. The molecule has 0 radical (unpaired) electrons. The van der Waals surface area contributed by atoms with Crippen molar-refractivity contribution in [2.45, 2.75) is 19.4 Å². The lowest BCUT2D eigenvalue weighted by atomic mass is 10.1. The number of para-hydroxylation sites is 1. The van der Waals surface area contributed by atoms with Crippen molar-refractivity contribution in [1.29, 1.82) is 0 Å². The third-order valence-corrected chi connectivity index (χ3v) is 5.53. The van der Waals surface area contributed by atoms with Crippen molar-refractivity contribution in [2.24, 2.45) is 0 Å². The van der Waals surface area contributed by atoms with Gasteiger partial charge in [-0.2, -0.15) is 0 Å². The van der Waals surface area contributed by atoms with Gasteiger partial charge in [-0.1, -0.05) is 30.3 Å². The second kappa shape index (κ2) is 11.3. The predicted octanol–water partition coefficient (Wildman–Crippen LogP) is 3.91. The number of rotatable bonds is 10. The van der Waals surface area contributed by atoms with Crippen LogP contribution in [-0.2, 0) is 16.1 Å². The van der Waals surface area contributed by atoms with Crippen LogP contribution in [0.3, 0.4) is 0 Å². The van der Waals surface area contributed by atoms with Crippen LogP contribution in [0.1, 0.15) is 28.8 Å². The fraction of sp³-hybridized carbons (Fsp3) is 0.222. The monoisotopic (exact) mass is 476 g/mol. The number of hydrogen-bond donors (Lipinski definition) is 1. The number of ether oxygens (including phenoxy) is 2. The molecule has 1 aliphatic heterocycles. The van der Waals surface area contributed by atoms with Gasteiger partial charge in [0.15, 0.2) is 19.0 Å². The Balaban J connectivity index is 1.33. The molecule has 35 heavy (non-hydrogen) atoms. The maximum atomic E-state index is 13.0. The van der Waals surface area contributed by atoms with E-state index in [0.717, 1.165) is 5.56 Å². The first-order valence-electron chi connectivity index (χ1n) is 11.3. The van der Waals surface area contributed by atoms with Crippen molar-refractivity contribution in [3.05, 3.63) is 89.7 Å². The lowest BCUT2D eigenvalue weighted by molar-refractivity contribution is -0.123. The van der Waals surface area contributed by atoms with Gasteiger partial charge in [0, 0.05) is 25.1 Å². The Bertz CT molecular complexity index is 1200. The van der Waals surface area contributed by atoms with Gasteiger partial charge in [-0.15, -0.1) is 0 Å². The molecule has 1 heterocycles. The minimum atomic E-state index is -0.330. The molecule has 3 aromatic rings. The zero-order valence-corrected chi connectivity index (χ0v) is 19.0. The zero-order valence-electron chi connectivity index (χ0n) is 19.0. The molecule has 0 aliphatic carbocycles. The van der Waals surface area contributed by atoms with Gasteiger partial charge in [-0.05, 0) is 54.4 Å². The summed E-state index contributed by atoms with van der Waals surface area (Å²) < 4.78 is 24.0. The van der Waals surface area contributed by atoms with Gasteiger partial charge in [-0.3, -0.25) is 14.4 Å². The number of carbonyl (C=O) groups excluding carboxylic acids is 3. The normalized spacial score (nSPS) is 12.5. The van der Waals surface area contributed by atoms with Gasteiger partial charge in [-0.25, -0.2) is 4.39 Å². The van der Waals surface area contributed by atoms with E-state index < -0.39 is 0 Å². The van der Waals surface area contributed by atoms with Gasteiger partial charge in [0.1, 0.15) is 17.3 Å². The van der Waals surface area contributed by atoms with E-state index in [9.17, 15) is 18.8 Å². The lowest BCUT2D eigenvalue weighted by Crippen LogP contribution is -2.40. The van der Waals surface area contributed by atoms with E-state index in [4.69, 9.17) is 9.47 Å². The number of ketones is 1. The molecule has 180 valence electrons. The molecule has 1 N–H and O–H groups in total. The quantitative estimate of drug-likeness (QED) is 0.449. The summed E-state index contributed by atoms with van der Waals surface area (Å²) in [5.41, 5.74) is 1.70. The minimum absolute atomic E-state index is 0.103. The molecule has 0 saturated carbocycles. The fourth-order valence-corrected chi connectivity index (χ4v) is 3.66. The van der Waals surface area contributed by atoms with Crippen LogP contribution in [0.2, 0.25) is 0 Å². The number of anilines is 1. The summed E-state index contributed by atoms with van der Waals surface area (Å²) in [6.07, 6.45) is 0.639. The van der Waals surface area contributed by atoms with Gasteiger partial charge >= 0.3 is 0 Å². The number of amides is 2. The van der Waals surface area contributed by atoms with Crippen LogP contribution >= 0.6 is 0 Å². The molecule has 0 bridgehead atoms. The van der Waals surface area contributed by atoms with E-state index in [1.54, 1.807) is 47.4 Å². The van der Waals surface area contributed by atoms with Crippen LogP contribution in [0.4, 0.5) is 10.1 Å². The summed E-state index contributed by atoms with van der Waals surface area (Å²) in [6, 6.07) is 19.9. The highest BCUT2D eigenvalue weighted by atomic mass is 19.1. The molecule has 3 aromatic carbocycles. The van der Waals surface area contributed by atoms with E-state index >= 15 is 0 Å². The van der Waals surface area contributed by atoms with Crippen LogP contribution in [-0.4, -0.2) is 37.4 Å². The number of hydrogen-bond acceptors (Lipinski definition) is 5. The molecule has 0 unspecified atom stereocenters. The molecule has 7 nitrogen and oxygen atoms in total. The average Bonchev–Trinajstić information content (AvgIpc) is 2.88. The molecule has 0 spiro atoms. The smallest absolute Gasteiger partial charge is 0.265 e. The minimum Gasteiger partial charge on any atom is -0.485 e. The van der Waals surface area contributed by atoms with Crippen LogP contribution < -0.4 is 19.7 Å². The Kier molecular flexibility index (Phi) is 7.72. The first-order valence-corrected chi connectivity index (χ1v) is 11.3. The van der Waals surface area contributed by atoms with Crippen molar-refractivity contribution in [3.63, 3.8) is 0 Å². The Morgan fingerprint density at radius 3 is 2.57 bits per heavy atom. The SMILES string of the molecule is O=C(CCCN1C(=O)COc2ccc(C(=O)COc3ccccc3)cc21)NCc1ccc(F)cc1. The molecule has 2 amide bonds. The summed E-state index contributed by atoms with van der Waals surface area (Å²) >= 11 is 0. The molecule has 0 saturated heterocycles. The van der Waals surface area contributed by atoms with Crippen LogP contribution in [0.25, 0.3) is 0 Å². The molecule has 0 aromatic heterocycles. The Morgan fingerprint density at radius 1 is 1.03 bits per heavy atom. The van der Waals surface area contributed by atoms with Crippen molar-refractivity contribution >= 4 is 23.3 Å². The number of carbonyl (C=O) groups is 3. The zero-order chi connectivity index (χ0) is 24.6. The first-order chi connectivity index (χ1) is 17.0. The Labute approximate surface area is 202 Å². The van der Waals surface area contributed by atoms with Crippen molar-refractivity contribution < 1.29 is 28.2 Å². The van der Waals surface area contributed by atoms with Crippen LogP contribution in [0, 0.1) is 5.82 Å². The van der Waals surface area contributed by atoms with E-state index in [0.29, 0.717) is 42.3 Å². The second-order valence-electron chi connectivity index (χ2n) is 8.05. The average molecular weight is 477 g/mol. The Morgan fingerprint density at radius 2 is 1.80 bits per heavy atom. The van der Waals surface area contributed by atoms with E-state index in [-0.39, 0.29) is 43.0 Å². The van der Waals surface area contributed by atoms with E-state index in [1.807, 2.05) is 18.2 Å². The third-order valence-electron chi connectivity index (χ3n) is 5.53. The first kappa shape index (κ1) is 23.9. The number of halogens is 1. The standard InChI is InChI=1S/C27H25FN2O5/c28-21-11-8-19(9-12-21)16-29-26(32)7-4-14-30-23-15-20(10-13-25(23)35-18-27(30)33)24(31)17-34-22-5-2-1-3-6-22/h1-3,5-6,8-13,15H,4,7,14,16-18H2,(H,29,32). The lowest BCUT2D eigenvalue weighted by Gasteiger charge is -2.29. The van der Waals surface area contributed by atoms with E-state index in [2.05, 4.69) is 5.32 Å². The van der Waals surface area contributed by atoms with Gasteiger partial charge in [0.2, 0.25) is 5.91 Å². The van der Waals surface area contributed by atoms with Crippen LogP contribution in [0.5, 0.6) is 11.5 Å². The second-order valence-corrected chi connectivity index (χ2v) is 8.05. The third kappa shape index (κ3) is 6.44. The number of benzene rings is 3. The van der Waals surface area contributed by atoms with E-state index in [1.165, 1.54) is 12.1 Å². The molecule has 4 rings (SSSR count). The van der Waals surface area contributed by atoms with Crippen molar-refractivity contribution in [1.82, 2.24) is 5.32 Å².